The van der Waals surface area contributed by atoms with Gasteiger partial charge >= 0.3 is 0 Å². The number of hydrogen-bond donors (Lipinski definition) is 2. The van der Waals surface area contributed by atoms with E-state index < -0.39 is 0 Å². The molecule has 3 rings (SSSR count). The summed E-state index contributed by atoms with van der Waals surface area (Å²) in [6, 6.07) is 3.83. The lowest BCUT2D eigenvalue weighted by atomic mass is 10.2. The number of carbonyl (C=O) groups is 2. The van der Waals surface area contributed by atoms with E-state index in [1.54, 1.807) is 11.3 Å². The van der Waals surface area contributed by atoms with E-state index in [-0.39, 0.29) is 23.7 Å². The summed E-state index contributed by atoms with van der Waals surface area (Å²) in [7, 11) is 0. The second kappa shape index (κ2) is 9.27. The summed E-state index contributed by atoms with van der Waals surface area (Å²) in [5.74, 6) is 0.0910. The van der Waals surface area contributed by atoms with Crippen LogP contribution in [0.2, 0.25) is 0 Å². The Hall–Kier alpha value is -1.49. The topological polar surface area (TPSA) is 93.2 Å². The van der Waals surface area contributed by atoms with Gasteiger partial charge in [0.25, 0.3) is 0 Å². The van der Waals surface area contributed by atoms with Crippen LogP contribution in [0.25, 0.3) is 0 Å². The number of carbonyl (C=O) groups excluding carboxylic acids is 2. The molecule has 0 aromatic carbocycles. The lowest BCUT2D eigenvalue weighted by molar-refractivity contribution is -0.119. The maximum absolute atomic E-state index is 11.9. The number of amides is 2. The Bertz CT molecular complexity index is 699. The van der Waals surface area contributed by atoms with Crippen molar-refractivity contribution in [3.05, 3.63) is 22.4 Å². The summed E-state index contributed by atoms with van der Waals surface area (Å²) < 4.78 is 6.11. The van der Waals surface area contributed by atoms with Crippen LogP contribution in [-0.2, 0) is 20.7 Å². The molecule has 2 N–H and O–H groups in total. The number of thioether (sulfide) groups is 1. The second-order valence-electron chi connectivity index (χ2n) is 5.41. The predicted octanol–water partition coefficient (Wildman–Crippen LogP) is 2.17. The van der Waals surface area contributed by atoms with E-state index in [4.69, 9.17) is 4.74 Å². The fraction of sp³-hybridized carbons (Fsp3) is 0.467. The zero-order chi connectivity index (χ0) is 17.5. The van der Waals surface area contributed by atoms with Gasteiger partial charge in [0.2, 0.25) is 16.9 Å². The second-order valence-corrected chi connectivity index (χ2v) is 8.64. The van der Waals surface area contributed by atoms with Crippen molar-refractivity contribution in [3.63, 3.8) is 0 Å². The smallest absolute Gasteiger partial charge is 0.231 e. The van der Waals surface area contributed by atoms with Gasteiger partial charge in [-0.3, -0.25) is 9.59 Å². The van der Waals surface area contributed by atoms with Crippen LogP contribution in [0.15, 0.2) is 21.9 Å². The van der Waals surface area contributed by atoms with Crippen molar-refractivity contribution in [2.24, 2.45) is 0 Å². The van der Waals surface area contributed by atoms with Crippen LogP contribution >= 0.6 is 34.4 Å². The highest BCUT2D eigenvalue weighted by molar-refractivity contribution is 8.01. The zero-order valence-electron chi connectivity index (χ0n) is 13.4. The third-order valence-corrected chi connectivity index (χ3v) is 6.29. The van der Waals surface area contributed by atoms with Crippen molar-refractivity contribution in [2.75, 3.05) is 24.2 Å². The van der Waals surface area contributed by atoms with Gasteiger partial charge in [-0.05, 0) is 24.3 Å². The van der Waals surface area contributed by atoms with Crippen LogP contribution in [0.1, 0.15) is 17.7 Å². The highest BCUT2D eigenvalue weighted by Crippen LogP contribution is 2.25. The van der Waals surface area contributed by atoms with Gasteiger partial charge in [0.1, 0.15) is 0 Å². The summed E-state index contributed by atoms with van der Waals surface area (Å²) in [4.78, 5) is 24.8. The molecule has 1 unspecified atom stereocenters. The van der Waals surface area contributed by atoms with Crippen LogP contribution in [0.4, 0.5) is 5.13 Å². The average Bonchev–Trinajstić information content (AvgIpc) is 3.34. The van der Waals surface area contributed by atoms with Gasteiger partial charge < -0.3 is 15.4 Å². The molecular formula is C15H18N4O3S3. The highest BCUT2D eigenvalue weighted by Gasteiger charge is 2.16. The fourth-order valence-corrected chi connectivity index (χ4v) is 4.57. The molecule has 0 saturated carbocycles. The molecule has 1 aliphatic heterocycles. The average molecular weight is 399 g/mol. The number of ether oxygens (including phenoxy) is 1. The van der Waals surface area contributed by atoms with Crippen molar-refractivity contribution >= 4 is 51.4 Å². The van der Waals surface area contributed by atoms with Crippen LogP contribution in [0, 0.1) is 0 Å². The first-order valence-electron chi connectivity index (χ1n) is 7.86. The molecule has 0 spiro atoms. The number of nitrogens with zero attached hydrogens (tertiary/aromatic N) is 2. The van der Waals surface area contributed by atoms with E-state index >= 15 is 0 Å². The maximum atomic E-state index is 11.9. The van der Waals surface area contributed by atoms with Crippen molar-refractivity contribution in [1.82, 2.24) is 15.5 Å². The highest BCUT2D eigenvalue weighted by atomic mass is 32.2. The molecule has 2 amide bonds. The number of rotatable bonds is 8. The molecule has 0 radical (unpaired) electrons. The Morgan fingerprint density at radius 2 is 2.28 bits per heavy atom. The largest absolute Gasteiger partial charge is 0.376 e. The molecule has 1 atom stereocenters. The molecule has 1 fully saturated rings. The summed E-state index contributed by atoms with van der Waals surface area (Å²) in [5.41, 5.74) is 0. The Labute approximate surface area is 157 Å². The third kappa shape index (κ3) is 6.07. The zero-order valence-corrected chi connectivity index (χ0v) is 15.8. The van der Waals surface area contributed by atoms with Crippen molar-refractivity contribution < 1.29 is 14.3 Å². The minimum absolute atomic E-state index is 0.0565. The summed E-state index contributed by atoms with van der Waals surface area (Å²) in [5, 5.41) is 15.9. The van der Waals surface area contributed by atoms with Crippen LogP contribution in [0.3, 0.4) is 0 Å². The Kier molecular flexibility index (Phi) is 6.79. The molecule has 10 heteroatoms. The first-order valence-corrected chi connectivity index (χ1v) is 10.5. The summed E-state index contributed by atoms with van der Waals surface area (Å²) in [6.45, 7) is 1.33. The number of anilines is 1. The quantitative estimate of drug-likeness (QED) is 0.523. The van der Waals surface area contributed by atoms with Crippen molar-refractivity contribution in [3.8, 4) is 0 Å². The van der Waals surface area contributed by atoms with Gasteiger partial charge in [-0.25, -0.2) is 0 Å². The van der Waals surface area contributed by atoms with E-state index in [0.717, 1.165) is 24.3 Å². The lowest BCUT2D eigenvalue weighted by Gasteiger charge is -2.09. The van der Waals surface area contributed by atoms with E-state index in [9.17, 15) is 9.59 Å². The predicted molar refractivity (Wildman–Crippen MR) is 99.3 cm³/mol. The minimum atomic E-state index is -0.121. The molecule has 1 aliphatic rings. The molecule has 3 heterocycles. The molecule has 25 heavy (non-hydrogen) atoms. The van der Waals surface area contributed by atoms with Gasteiger partial charge in [-0.2, -0.15) is 0 Å². The molecule has 2 aromatic heterocycles. The first-order chi connectivity index (χ1) is 12.2. The molecule has 134 valence electrons. The number of aromatic nitrogens is 2. The standard InChI is InChI=1S/C15H18N4O3S3/c20-12(7-11-4-2-6-23-11)17-14-18-19-15(25-14)24-9-13(21)16-8-10-3-1-5-22-10/h2,4,6,10H,1,3,5,7-9H2,(H,16,21)(H,17,18,20). The van der Waals surface area contributed by atoms with Gasteiger partial charge in [0, 0.05) is 18.0 Å². The molecule has 0 aliphatic carbocycles. The molecule has 7 nitrogen and oxygen atoms in total. The van der Waals surface area contributed by atoms with Crippen LogP contribution in [-0.4, -0.2) is 47.0 Å². The van der Waals surface area contributed by atoms with E-state index in [0.29, 0.717) is 22.4 Å². The molecular weight excluding hydrogens is 380 g/mol. The van der Waals surface area contributed by atoms with E-state index in [2.05, 4.69) is 20.8 Å². The van der Waals surface area contributed by atoms with Gasteiger partial charge in [0.15, 0.2) is 4.34 Å². The lowest BCUT2D eigenvalue weighted by Crippen LogP contribution is -2.32. The van der Waals surface area contributed by atoms with Crippen molar-refractivity contribution in [2.45, 2.75) is 29.7 Å². The maximum Gasteiger partial charge on any atom is 0.231 e. The van der Waals surface area contributed by atoms with E-state index in [1.165, 1.54) is 23.1 Å². The molecule has 1 saturated heterocycles. The van der Waals surface area contributed by atoms with Gasteiger partial charge in [-0.1, -0.05) is 29.2 Å². The van der Waals surface area contributed by atoms with Gasteiger partial charge in [-0.15, -0.1) is 21.5 Å². The minimum Gasteiger partial charge on any atom is -0.376 e. The van der Waals surface area contributed by atoms with Crippen LogP contribution in [0.5, 0.6) is 0 Å². The van der Waals surface area contributed by atoms with Gasteiger partial charge in [0.05, 0.1) is 18.3 Å². The number of nitrogens with one attached hydrogen (secondary N) is 2. The van der Waals surface area contributed by atoms with E-state index in [1.807, 2.05) is 17.5 Å². The number of hydrogen-bond acceptors (Lipinski definition) is 8. The summed E-state index contributed by atoms with van der Waals surface area (Å²) >= 11 is 4.11. The van der Waals surface area contributed by atoms with Crippen molar-refractivity contribution in [1.29, 1.82) is 0 Å². The SMILES string of the molecule is O=C(CSc1nnc(NC(=O)Cc2cccs2)s1)NCC1CCCO1. The third-order valence-electron chi connectivity index (χ3n) is 3.45. The number of thiophene rings is 1. The van der Waals surface area contributed by atoms with Crippen LogP contribution < -0.4 is 10.6 Å². The Morgan fingerprint density at radius 3 is 3.04 bits per heavy atom. The molecule has 0 bridgehead atoms. The fourth-order valence-electron chi connectivity index (χ4n) is 2.26. The first kappa shape index (κ1) is 18.3. The molecule has 2 aromatic rings. The Balaban J connectivity index is 1.37. The normalized spacial score (nSPS) is 16.7. The Morgan fingerprint density at radius 1 is 1.36 bits per heavy atom. The monoisotopic (exact) mass is 398 g/mol. The summed E-state index contributed by atoms with van der Waals surface area (Å²) in [6.07, 6.45) is 2.52.